The molecule has 6 nitrogen and oxygen atoms in total. The number of aromatic nitrogens is 1. The maximum absolute atomic E-state index is 13.3. The average molecular weight is 522 g/mol. The first kappa shape index (κ1) is 28.1. The summed E-state index contributed by atoms with van der Waals surface area (Å²) in [6.07, 6.45) is 5.85. The Labute approximate surface area is 240 Å². The van der Waals surface area contributed by atoms with Crippen molar-refractivity contribution in [1.29, 1.82) is 0 Å². The number of nitrogens with zero attached hydrogens (tertiary/aromatic N) is 2. The van der Waals surface area contributed by atoms with Crippen molar-refractivity contribution < 1.29 is 48.6 Å². The molecule has 0 aliphatic carbocycles. The van der Waals surface area contributed by atoms with Crippen molar-refractivity contribution in [3.63, 3.8) is 0 Å². The molecule has 5 rings (SSSR count). The average Bonchev–Trinajstić information content (AvgIpc) is 3.50. The normalized spacial score (nSPS) is 14.5. The van der Waals surface area contributed by atoms with E-state index in [2.05, 4.69) is 45.2 Å². The number of nitrogens with one attached hydrogen (secondary N) is 1. The van der Waals surface area contributed by atoms with Gasteiger partial charge in [0.05, 0.1) is 4.91 Å². The molecular weight excluding hydrogens is 500 g/mol. The summed E-state index contributed by atoms with van der Waals surface area (Å²) in [6, 6.07) is 27.2. The van der Waals surface area contributed by atoms with E-state index in [9.17, 15) is 9.18 Å². The molecule has 4 aromatic rings. The molecule has 0 atom stereocenters. The van der Waals surface area contributed by atoms with Gasteiger partial charge in [0, 0.05) is 30.8 Å². The molecular formula is C28H21FN3NaO3S. The minimum absolute atomic E-state index is 0. The third kappa shape index (κ3) is 8.03. The Morgan fingerprint density at radius 2 is 1.65 bits per heavy atom. The van der Waals surface area contributed by atoms with Gasteiger partial charge < -0.3 is 15.0 Å². The van der Waals surface area contributed by atoms with E-state index in [1.807, 2.05) is 54.9 Å². The predicted molar refractivity (Wildman–Crippen MR) is 141 cm³/mol. The Bertz CT molecular complexity index is 1430. The predicted octanol–water partition coefficient (Wildman–Crippen LogP) is 3.07. The van der Waals surface area contributed by atoms with Crippen LogP contribution in [0.25, 0.3) is 22.9 Å². The number of carboxylic acids is 1. The molecule has 2 heterocycles. The number of carbonyl (C=O) groups excluding carboxylic acids is 1. The summed E-state index contributed by atoms with van der Waals surface area (Å²) >= 11 is 1.23. The summed E-state index contributed by atoms with van der Waals surface area (Å²) in [5.74, 6) is -1.54. The van der Waals surface area contributed by atoms with E-state index in [-0.39, 0.29) is 35.5 Å². The molecule has 2 N–H and O–H groups in total. The van der Waals surface area contributed by atoms with Gasteiger partial charge in [-0.2, -0.15) is 6.07 Å². The maximum Gasteiger partial charge on any atom is 1.00 e. The number of carbonyl (C=O) groups is 2. The standard InChI is InChI=1S/C26H17FN3OS.C2H4O2.Na/c27-21-4-3-5-22(17-21)28-26-29-25(31)24(32-26)16-18-6-8-19(9-7-18)20-10-12-23(13-11-20)30-14-1-2-15-30;1-2(3)4;/h1-3,5-17H,(H,28,29,31);1H3,(H,3,4);/q-1;;+1. The number of amidine groups is 1. The Balaban J connectivity index is 0.000000711. The summed E-state index contributed by atoms with van der Waals surface area (Å²) in [5, 5.41) is 10.6. The van der Waals surface area contributed by atoms with Crippen LogP contribution in [0.3, 0.4) is 0 Å². The van der Waals surface area contributed by atoms with Gasteiger partial charge in [-0.05, 0) is 64.5 Å². The van der Waals surface area contributed by atoms with Crippen LogP contribution in [0, 0.1) is 11.9 Å². The number of hydrogen-bond acceptors (Lipinski definition) is 4. The monoisotopic (exact) mass is 521 g/mol. The number of hydrogen-bond donors (Lipinski definition) is 2. The molecule has 180 valence electrons. The van der Waals surface area contributed by atoms with Crippen molar-refractivity contribution in [3.05, 3.63) is 114 Å². The van der Waals surface area contributed by atoms with Crippen molar-refractivity contribution in [2.24, 2.45) is 4.99 Å². The van der Waals surface area contributed by atoms with Gasteiger partial charge >= 0.3 is 29.6 Å². The van der Waals surface area contributed by atoms with E-state index in [1.54, 1.807) is 6.07 Å². The van der Waals surface area contributed by atoms with Crippen LogP contribution in [0.15, 0.2) is 101 Å². The molecule has 0 saturated carbocycles. The van der Waals surface area contributed by atoms with Gasteiger partial charge in [0.1, 0.15) is 0 Å². The molecule has 1 saturated heterocycles. The van der Waals surface area contributed by atoms with Crippen LogP contribution >= 0.6 is 11.8 Å². The fourth-order valence-corrected chi connectivity index (χ4v) is 4.19. The van der Waals surface area contributed by atoms with Crippen LogP contribution < -0.4 is 34.9 Å². The first-order chi connectivity index (χ1) is 17.4. The molecule has 1 fully saturated rings. The maximum atomic E-state index is 13.3. The zero-order valence-corrected chi connectivity index (χ0v) is 23.0. The zero-order chi connectivity index (χ0) is 25.5. The SMILES string of the molecule is CC(=O)O.O=C1NC(=Nc2cc[c-]c(F)c2)SC1=Cc1ccc(-c2ccc(-n3cccc3)cc2)cc1.[Na+]. The Hall–Kier alpha value is -3.43. The number of aliphatic carboxylic acids is 1. The van der Waals surface area contributed by atoms with E-state index in [4.69, 9.17) is 9.90 Å². The van der Waals surface area contributed by atoms with Gasteiger partial charge in [-0.15, -0.1) is 18.2 Å². The number of benzene rings is 3. The second kappa shape index (κ2) is 13.2. The first-order valence-corrected chi connectivity index (χ1v) is 11.7. The molecule has 0 bridgehead atoms. The fraction of sp³-hybridized carbons (Fsp3) is 0.0357. The number of aliphatic imine (C=N–C) groups is 1. The second-order valence-corrected chi connectivity index (χ2v) is 8.69. The number of halogens is 1. The van der Waals surface area contributed by atoms with Crippen LogP contribution in [0.2, 0.25) is 0 Å². The minimum atomic E-state index is -0.833. The third-order valence-corrected chi connectivity index (χ3v) is 5.85. The number of rotatable bonds is 4. The minimum Gasteiger partial charge on any atom is -0.481 e. The summed E-state index contributed by atoms with van der Waals surface area (Å²) in [6.45, 7) is 1.08. The molecule has 37 heavy (non-hydrogen) atoms. The van der Waals surface area contributed by atoms with E-state index < -0.39 is 11.8 Å². The fourth-order valence-electron chi connectivity index (χ4n) is 3.35. The molecule has 1 aliphatic heterocycles. The van der Waals surface area contributed by atoms with Crippen molar-refractivity contribution in [1.82, 2.24) is 9.88 Å². The van der Waals surface area contributed by atoms with Gasteiger partial charge in [0.2, 0.25) is 0 Å². The second-order valence-electron chi connectivity index (χ2n) is 7.65. The Morgan fingerprint density at radius 1 is 1.05 bits per heavy atom. The van der Waals surface area contributed by atoms with E-state index >= 15 is 0 Å². The zero-order valence-electron chi connectivity index (χ0n) is 20.2. The van der Waals surface area contributed by atoms with Crippen LogP contribution in [-0.4, -0.2) is 26.7 Å². The largest absolute Gasteiger partial charge is 1.00 e. The molecule has 1 aromatic heterocycles. The number of amides is 1. The van der Waals surface area contributed by atoms with Gasteiger partial charge in [-0.25, -0.2) is 4.39 Å². The molecule has 0 spiro atoms. The van der Waals surface area contributed by atoms with Crippen LogP contribution in [0.1, 0.15) is 12.5 Å². The molecule has 0 radical (unpaired) electrons. The van der Waals surface area contributed by atoms with Gasteiger partial charge in [-0.1, -0.05) is 36.4 Å². The molecule has 1 amide bonds. The topological polar surface area (TPSA) is 83.7 Å². The number of carboxylic acid groups (broad SMARTS) is 1. The van der Waals surface area contributed by atoms with Crippen LogP contribution in [0.4, 0.5) is 10.1 Å². The van der Waals surface area contributed by atoms with E-state index in [0.717, 1.165) is 29.3 Å². The summed E-state index contributed by atoms with van der Waals surface area (Å²) in [4.78, 5) is 26.1. The van der Waals surface area contributed by atoms with Crippen molar-refractivity contribution in [2.45, 2.75) is 6.92 Å². The molecule has 9 heteroatoms. The van der Waals surface area contributed by atoms with Crippen LogP contribution in [-0.2, 0) is 9.59 Å². The number of thioether (sulfide) groups is 1. The van der Waals surface area contributed by atoms with Gasteiger partial charge in [0.25, 0.3) is 11.9 Å². The van der Waals surface area contributed by atoms with Crippen molar-refractivity contribution in [3.8, 4) is 16.8 Å². The van der Waals surface area contributed by atoms with Crippen LogP contribution in [0.5, 0.6) is 0 Å². The van der Waals surface area contributed by atoms with E-state index in [0.29, 0.717) is 15.8 Å². The third-order valence-electron chi connectivity index (χ3n) is 4.94. The quantitative estimate of drug-likeness (QED) is 0.246. The van der Waals surface area contributed by atoms with Gasteiger partial charge in [-0.3, -0.25) is 14.6 Å². The van der Waals surface area contributed by atoms with Crippen molar-refractivity contribution >= 4 is 40.6 Å². The smallest absolute Gasteiger partial charge is 0.481 e. The Morgan fingerprint density at radius 3 is 2.24 bits per heavy atom. The molecule has 3 aromatic carbocycles. The molecule has 0 unspecified atom stereocenters. The summed E-state index contributed by atoms with van der Waals surface area (Å²) < 4.78 is 15.4. The van der Waals surface area contributed by atoms with E-state index in [1.165, 1.54) is 23.9 Å². The summed E-state index contributed by atoms with van der Waals surface area (Å²) in [7, 11) is 0. The van der Waals surface area contributed by atoms with Crippen molar-refractivity contribution in [2.75, 3.05) is 0 Å². The molecule has 1 aliphatic rings. The summed E-state index contributed by atoms with van der Waals surface area (Å²) in [5.41, 5.74) is 4.67. The van der Waals surface area contributed by atoms with Gasteiger partial charge in [0.15, 0.2) is 5.17 Å². The Kier molecular flexibility index (Phi) is 10.0. The first-order valence-electron chi connectivity index (χ1n) is 10.9.